The molecule has 0 heterocycles. The standard InChI is InChI=1S/C15H20ClNO5S/c1-15(2,3)23(21,22)9-13(18)17-12(8-14(19)20)10-4-6-11(16)7-5-10/h4-7,12H,8-9H2,1-3H3,(H,17,18)(H,19,20)/t12-/m0/s1. The molecule has 128 valence electrons. The van der Waals surface area contributed by atoms with Crippen molar-refractivity contribution in [3.05, 3.63) is 34.9 Å². The largest absolute Gasteiger partial charge is 0.481 e. The van der Waals surface area contributed by atoms with Crippen LogP contribution in [0.25, 0.3) is 0 Å². The molecule has 0 aliphatic rings. The summed E-state index contributed by atoms with van der Waals surface area (Å²) in [6.45, 7) is 4.51. The highest BCUT2D eigenvalue weighted by Crippen LogP contribution is 2.20. The van der Waals surface area contributed by atoms with E-state index >= 15 is 0 Å². The van der Waals surface area contributed by atoms with E-state index in [1.165, 1.54) is 20.8 Å². The SMILES string of the molecule is CC(C)(C)S(=O)(=O)CC(=O)N[C@@H](CC(=O)O)c1ccc(Cl)cc1. The molecule has 23 heavy (non-hydrogen) atoms. The first-order valence-electron chi connectivity index (χ1n) is 6.91. The van der Waals surface area contributed by atoms with Gasteiger partial charge in [-0.25, -0.2) is 8.42 Å². The molecule has 0 radical (unpaired) electrons. The summed E-state index contributed by atoms with van der Waals surface area (Å²) in [6, 6.07) is 5.50. The number of hydrogen-bond acceptors (Lipinski definition) is 4. The maximum atomic E-state index is 12.1. The van der Waals surface area contributed by atoms with E-state index in [2.05, 4.69) is 5.32 Å². The van der Waals surface area contributed by atoms with Crippen LogP contribution in [0.2, 0.25) is 5.02 Å². The molecule has 1 aromatic carbocycles. The van der Waals surface area contributed by atoms with Gasteiger partial charge in [-0.3, -0.25) is 9.59 Å². The van der Waals surface area contributed by atoms with Gasteiger partial charge in [-0.1, -0.05) is 23.7 Å². The minimum atomic E-state index is -3.64. The van der Waals surface area contributed by atoms with Crippen molar-refractivity contribution < 1.29 is 23.1 Å². The van der Waals surface area contributed by atoms with Gasteiger partial charge >= 0.3 is 5.97 Å². The van der Waals surface area contributed by atoms with E-state index in [1.807, 2.05) is 0 Å². The number of benzene rings is 1. The summed E-state index contributed by atoms with van der Waals surface area (Å²) >= 11 is 5.78. The molecule has 8 heteroatoms. The zero-order chi connectivity index (χ0) is 17.8. The Labute approximate surface area is 140 Å². The highest BCUT2D eigenvalue weighted by Gasteiger charge is 2.32. The number of carboxylic acid groups (broad SMARTS) is 1. The molecule has 1 amide bonds. The number of aliphatic carboxylic acids is 1. The number of carbonyl (C=O) groups is 2. The Hall–Kier alpha value is -1.60. The summed E-state index contributed by atoms with van der Waals surface area (Å²) in [5.74, 6) is -2.54. The second-order valence-corrected chi connectivity index (χ2v) is 9.32. The van der Waals surface area contributed by atoms with Gasteiger partial charge in [-0.2, -0.15) is 0 Å². The Balaban J connectivity index is 2.92. The number of carbonyl (C=O) groups excluding carboxylic acids is 1. The Morgan fingerprint density at radius 3 is 2.17 bits per heavy atom. The van der Waals surface area contributed by atoms with Gasteiger partial charge < -0.3 is 10.4 Å². The van der Waals surface area contributed by atoms with Crippen LogP contribution in [0.3, 0.4) is 0 Å². The van der Waals surface area contributed by atoms with Gasteiger partial charge in [0.1, 0.15) is 5.75 Å². The lowest BCUT2D eigenvalue weighted by atomic mass is 10.0. The lowest BCUT2D eigenvalue weighted by Crippen LogP contribution is -2.40. The van der Waals surface area contributed by atoms with Crippen molar-refractivity contribution in [3.8, 4) is 0 Å². The highest BCUT2D eigenvalue weighted by molar-refractivity contribution is 7.93. The topological polar surface area (TPSA) is 101 Å². The van der Waals surface area contributed by atoms with Crippen LogP contribution >= 0.6 is 11.6 Å². The molecule has 0 saturated heterocycles. The molecule has 1 rings (SSSR count). The number of sulfone groups is 1. The molecule has 0 aliphatic carbocycles. The van der Waals surface area contributed by atoms with E-state index < -0.39 is 38.3 Å². The minimum absolute atomic E-state index is 0.358. The van der Waals surface area contributed by atoms with E-state index in [4.69, 9.17) is 16.7 Å². The van der Waals surface area contributed by atoms with Crippen molar-refractivity contribution in [2.75, 3.05) is 5.75 Å². The summed E-state index contributed by atoms with van der Waals surface area (Å²) in [4.78, 5) is 23.0. The number of carboxylic acids is 1. The van der Waals surface area contributed by atoms with Crippen LogP contribution in [-0.2, 0) is 19.4 Å². The number of halogens is 1. The third-order valence-electron chi connectivity index (χ3n) is 3.24. The van der Waals surface area contributed by atoms with Crippen LogP contribution < -0.4 is 5.32 Å². The third kappa shape index (κ3) is 5.84. The summed E-state index contributed by atoms with van der Waals surface area (Å²) in [5, 5.41) is 11.9. The molecule has 1 atom stereocenters. The normalized spacial score (nSPS) is 13.4. The number of nitrogens with one attached hydrogen (secondary N) is 1. The van der Waals surface area contributed by atoms with E-state index in [0.29, 0.717) is 10.6 Å². The summed E-state index contributed by atoms with van der Waals surface area (Å²) in [5.41, 5.74) is 0.540. The molecule has 0 aliphatic heterocycles. The van der Waals surface area contributed by atoms with E-state index in [9.17, 15) is 18.0 Å². The number of amides is 1. The molecular formula is C15H20ClNO5S. The predicted octanol–water partition coefficient (Wildman–Crippen LogP) is 2.19. The average Bonchev–Trinajstić information content (AvgIpc) is 2.36. The fourth-order valence-electron chi connectivity index (χ4n) is 1.75. The molecule has 0 aromatic heterocycles. The van der Waals surface area contributed by atoms with Gasteiger partial charge in [0.25, 0.3) is 0 Å². The van der Waals surface area contributed by atoms with Crippen LogP contribution in [0.5, 0.6) is 0 Å². The van der Waals surface area contributed by atoms with Crippen molar-refractivity contribution in [2.45, 2.75) is 38.0 Å². The molecule has 0 spiro atoms. The van der Waals surface area contributed by atoms with Crippen LogP contribution in [0.4, 0.5) is 0 Å². The molecule has 0 unspecified atom stereocenters. The quantitative estimate of drug-likeness (QED) is 0.808. The molecule has 0 bridgehead atoms. The highest BCUT2D eigenvalue weighted by atomic mass is 35.5. The van der Waals surface area contributed by atoms with Gasteiger partial charge in [0, 0.05) is 5.02 Å². The van der Waals surface area contributed by atoms with Gasteiger partial charge in [-0.05, 0) is 38.5 Å². The van der Waals surface area contributed by atoms with Crippen LogP contribution in [0, 0.1) is 0 Å². The van der Waals surface area contributed by atoms with Gasteiger partial charge in [0.2, 0.25) is 5.91 Å². The Kier molecular flexibility index (Phi) is 6.18. The van der Waals surface area contributed by atoms with Crippen molar-refractivity contribution in [2.24, 2.45) is 0 Å². The van der Waals surface area contributed by atoms with E-state index in [1.54, 1.807) is 24.3 Å². The van der Waals surface area contributed by atoms with Crippen LogP contribution in [0.1, 0.15) is 38.8 Å². The Bertz CT molecular complexity index is 677. The molecular weight excluding hydrogens is 342 g/mol. The average molecular weight is 362 g/mol. The second-order valence-electron chi connectivity index (χ2n) is 6.14. The van der Waals surface area contributed by atoms with Crippen molar-refractivity contribution in [3.63, 3.8) is 0 Å². The monoisotopic (exact) mass is 361 g/mol. The smallest absolute Gasteiger partial charge is 0.305 e. The van der Waals surface area contributed by atoms with Gasteiger partial charge in [0.15, 0.2) is 9.84 Å². The fourth-order valence-corrected chi connectivity index (χ4v) is 2.73. The lowest BCUT2D eigenvalue weighted by molar-refractivity contribution is -0.137. The summed E-state index contributed by atoms with van der Waals surface area (Å²) < 4.78 is 23.0. The molecule has 2 N–H and O–H groups in total. The summed E-state index contributed by atoms with van der Waals surface area (Å²) in [6.07, 6.45) is -0.358. The number of hydrogen-bond donors (Lipinski definition) is 2. The molecule has 1 aromatic rings. The number of rotatable bonds is 6. The van der Waals surface area contributed by atoms with E-state index in [-0.39, 0.29) is 6.42 Å². The van der Waals surface area contributed by atoms with Crippen molar-refractivity contribution in [1.82, 2.24) is 5.32 Å². The van der Waals surface area contributed by atoms with Crippen LogP contribution in [0.15, 0.2) is 24.3 Å². The predicted molar refractivity (Wildman–Crippen MR) is 88.1 cm³/mol. The Morgan fingerprint density at radius 1 is 1.22 bits per heavy atom. The van der Waals surface area contributed by atoms with Crippen LogP contribution in [-0.4, -0.2) is 35.9 Å². The molecule has 0 fully saturated rings. The van der Waals surface area contributed by atoms with Gasteiger partial charge in [-0.15, -0.1) is 0 Å². The zero-order valence-corrected chi connectivity index (χ0v) is 14.7. The van der Waals surface area contributed by atoms with Crippen molar-refractivity contribution in [1.29, 1.82) is 0 Å². The Morgan fingerprint density at radius 2 is 1.74 bits per heavy atom. The first-order valence-corrected chi connectivity index (χ1v) is 8.94. The summed E-state index contributed by atoms with van der Waals surface area (Å²) in [7, 11) is -3.64. The first kappa shape index (κ1) is 19.4. The minimum Gasteiger partial charge on any atom is -0.481 e. The van der Waals surface area contributed by atoms with Gasteiger partial charge in [0.05, 0.1) is 17.2 Å². The fraction of sp³-hybridized carbons (Fsp3) is 0.467. The van der Waals surface area contributed by atoms with Crippen molar-refractivity contribution >= 4 is 33.3 Å². The zero-order valence-electron chi connectivity index (χ0n) is 13.2. The first-order chi connectivity index (χ1) is 10.4. The maximum absolute atomic E-state index is 12.1. The maximum Gasteiger partial charge on any atom is 0.305 e. The lowest BCUT2D eigenvalue weighted by Gasteiger charge is -2.21. The third-order valence-corrected chi connectivity index (χ3v) is 6.00. The van der Waals surface area contributed by atoms with E-state index in [0.717, 1.165) is 0 Å². The second kappa shape index (κ2) is 7.31. The molecule has 0 saturated carbocycles. The molecule has 6 nitrogen and oxygen atoms in total.